The van der Waals surface area contributed by atoms with E-state index in [9.17, 15) is 18.0 Å². The standard InChI is InChI=1S/C12H14BrF3N2O/c1-7-3-9(4-8(2)11(7)13)18-10(19)5-17-6-12(14,15)16/h3-4,17H,5-6H2,1-2H3,(H,18,19). The van der Waals surface area contributed by atoms with Crippen LogP contribution in [0.4, 0.5) is 18.9 Å². The second-order valence-corrected chi connectivity index (χ2v) is 4.98. The van der Waals surface area contributed by atoms with E-state index in [1.807, 2.05) is 19.2 Å². The first kappa shape index (κ1) is 16.0. The summed E-state index contributed by atoms with van der Waals surface area (Å²) in [5, 5.41) is 4.59. The molecule has 0 fully saturated rings. The van der Waals surface area contributed by atoms with E-state index in [0.717, 1.165) is 15.6 Å². The molecule has 2 N–H and O–H groups in total. The lowest BCUT2D eigenvalue weighted by molar-refractivity contribution is -0.126. The summed E-state index contributed by atoms with van der Waals surface area (Å²) < 4.78 is 36.6. The average molecular weight is 339 g/mol. The molecule has 0 saturated heterocycles. The van der Waals surface area contributed by atoms with Crippen LogP contribution in [0, 0.1) is 13.8 Å². The molecule has 19 heavy (non-hydrogen) atoms. The van der Waals surface area contributed by atoms with Crippen LogP contribution in [0.1, 0.15) is 11.1 Å². The summed E-state index contributed by atoms with van der Waals surface area (Å²) in [6, 6.07) is 3.50. The molecular weight excluding hydrogens is 325 g/mol. The molecule has 0 atom stereocenters. The monoisotopic (exact) mass is 338 g/mol. The van der Waals surface area contributed by atoms with Gasteiger partial charge < -0.3 is 10.6 Å². The highest BCUT2D eigenvalue weighted by Gasteiger charge is 2.26. The van der Waals surface area contributed by atoms with E-state index in [1.54, 1.807) is 12.1 Å². The van der Waals surface area contributed by atoms with Crippen LogP contribution in [0.2, 0.25) is 0 Å². The van der Waals surface area contributed by atoms with Gasteiger partial charge in [0, 0.05) is 10.2 Å². The molecule has 1 amide bonds. The van der Waals surface area contributed by atoms with Gasteiger partial charge in [-0.3, -0.25) is 4.79 Å². The van der Waals surface area contributed by atoms with Crippen LogP contribution in [-0.2, 0) is 4.79 Å². The molecule has 0 aliphatic heterocycles. The third kappa shape index (κ3) is 5.61. The number of benzene rings is 1. The maximum absolute atomic E-state index is 11.9. The number of hydrogen-bond donors (Lipinski definition) is 2. The number of hydrogen-bond acceptors (Lipinski definition) is 2. The molecule has 0 spiro atoms. The van der Waals surface area contributed by atoms with Gasteiger partial charge >= 0.3 is 6.18 Å². The zero-order chi connectivity index (χ0) is 14.6. The summed E-state index contributed by atoms with van der Waals surface area (Å²) in [6.45, 7) is 2.18. The normalized spacial score (nSPS) is 11.5. The summed E-state index contributed by atoms with van der Waals surface area (Å²) in [5.41, 5.74) is 2.45. The first-order valence-corrected chi connectivity index (χ1v) is 6.32. The van der Waals surface area contributed by atoms with Crippen molar-refractivity contribution in [2.75, 3.05) is 18.4 Å². The van der Waals surface area contributed by atoms with Crippen molar-refractivity contribution in [1.82, 2.24) is 5.32 Å². The smallest absolute Gasteiger partial charge is 0.325 e. The molecule has 1 aromatic rings. The molecule has 0 aliphatic rings. The van der Waals surface area contributed by atoms with Crippen molar-refractivity contribution in [2.45, 2.75) is 20.0 Å². The highest BCUT2D eigenvalue weighted by atomic mass is 79.9. The number of rotatable bonds is 4. The number of carbonyl (C=O) groups is 1. The second kappa shape index (κ2) is 6.38. The van der Waals surface area contributed by atoms with Gasteiger partial charge in [0.05, 0.1) is 13.1 Å². The number of halogens is 4. The Morgan fingerprint density at radius 1 is 1.26 bits per heavy atom. The largest absolute Gasteiger partial charge is 0.401 e. The summed E-state index contributed by atoms with van der Waals surface area (Å²) in [7, 11) is 0. The summed E-state index contributed by atoms with van der Waals surface area (Å²) in [5.74, 6) is -0.509. The fourth-order valence-electron chi connectivity index (χ4n) is 1.54. The summed E-state index contributed by atoms with van der Waals surface area (Å²) in [6.07, 6.45) is -4.31. The van der Waals surface area contributed by atoms with E-state index >= 15 is 0 Å². The lowest BCUT2D eigenvalue weighted by Gasteiger charge is -2.11. The minimum absolute atomic E-state index is 0.381. The molecule has 1 aromatic carbocycles. The Balaban J connectivity index is 2.53. The summed E-state index contributed by atoms with van der Waals surface area (Å²) >= 11 is 3.39. The summed E-state index contributed by atoms with van der Waals surface area (Å²) in [4.78, 5) is 11.5. The zero-order valence-corrected chi connectivity index (χ0v) is 12.1. The average Bonchev–Trinajstić information content (AvgIpc) is 2.23. The molecule has 1 rings (SSSR count). The van der Waals surface area contributed by atoms with Crippen LogP contribution in [0.5, 0.6) is 0 Å². The topological polar surface area (TPSA) is 41.1 Å². The number of nitrogens with one attached hydrogen (secondary N) is 2. The van der Waals surface area contributed by atoms with Crippen molar-refractivity contribution in [3.63, 3.8) is 0 Å². The van der Waals surface area contributed by atoms with Crippen LogP contribution >= 0.6 is 15.9 Å². The van der Waals surface area contributed by atoms with Crippen molar-refractivity contribution in [3.8, 4) is 0 Å². The van der Waals surface area contributed by atoms with Gasteiger partial charge in [-0.05, 0) is 37.1 Å². The van der Waals surface area contributed by atoms with Gasteiger partial charge in [0.15, 0.2) is 0 Å². The molecule has 0 unspecified atom stereocenters. The van der Waals surface area contributed by atoms with Crippen LogP contribution < -0.4 is 10.6 Å². The number of alkyl halides is 3. The number of aryl methyl sites for hydroxylation is 2. The van der Waals surface area contributed by atoms with Crippen molar-refractivity contribution < 1.29 is 18.0 Å². The molecule has 0 radical (unpaired) electrons. The molecule has 0 aliphatic carbocycles. The molecule has 0 saturated carbocycles. The number of anilines is 1. The minimum Gasteiger partial charge on any atom is -0.325 e. The molecule has 0 aromatic heterocycles. The van der Waals surface area contributed by atoms with Crippen molar-refractivity contribution in [1.29, 1.82) is 0 Å². The Morgan fingerprint density at radius 3 is 2.26 bits per heavy atom. The number of amides is 1. The predicted octanol–water partition coefficient (Wildman–Crippen LogP) is 3.16. The van der Waals surface area contributed by atoms with E-state index < -0.39 is 18.6 Å². The Bertz CT molecular complexity index is 452. The lowest BCUT2D eigenvalue weighted by atomic mass is 10.1. The Labute approximate surface area is 117 Å². The second-order valence-electron chi connectivity index (χ2n) is 4.19. The molecule has 7 heteroatoms. The van der Waals surface area contributed by atoms with Gasteiger partial charge in [-0.2, -0.15) is 13.2 Å². The first-order valence-electron chi connectivity index (χ1n) is 5.53. The van der Waals surface area contributed by atoms with E-state index in [2.05, 4.69) is 21.2 Å². The van der Waals surface area contributed by atoms with Crippen LogP contribution in [0.25, 0.3) is 0 Å². The highest BCUT2D eigenvalue weighted by molar-refractivity contribution is 9.10. The Morgan fingerprint density at radius 2 is 1.79 bits per heavy atom. The zero-order valence-electron chi connectivity index (χ0n) is 10.5. The van der Waals surface area contributed by atoms with E-state index in [1.165, 1.54) is 0 Å². The fraction of sp³-hybridized carbons (Fsp3) is 0.417. The van der Waals surface area contributed by atoms with Gasteiger partial charge in [0.2, 0.25) is 5.91 Å². The number of carbonyl (C=O) groups excluding carboxylic acids is 1. The first-order chi connectivity index (χ1) is 8.69. The van der Waals surface area contributed by atoms with E-state index in [4.69, 9.17) is 0 Å². The SMILES string of the molecule is Cc1cc(NC(=O)CNCC(F)(F)F)cc(C)c1Br. The van der Waals surface area contributed by atoms with Crippen molar-refractivity contribution in [3.05, 3.63) is 27.7 Å². The maximum Gasteiger partial charge on any atom is 0.401 e. The van der Waals surface area contributed by atoms with Crippen molar-refractivity contribution >= 4 is 27.5 Å². The molecule has 3 nitrogen and oxygen atoms in total. The third-order valence-electron chi connectivity index (χ3n) is 2.33. The van der Waals surface area contributed by atoms with Crippen LogP contribution in [0.15, 0.2) is 16.6 Å². The van der Waals surface area contributed by atoms with Crippen LogP contribution in [0.3, 0.4) is 0 Å². The minimum atomic E-state index is -4.31. The Kier molecular flexibility index (Phi) is 5.37. The van der Waals surface area contributed by atoms with Gasteiger partial charge in [-0.1, -0.05) is 15.9 Å². The predicted molar refractivity (Wildman–Crippen MR) is 71.2 cm³/mol. The fourth-order valence-corrected chi connectivity index (χ4v) is 1.77. The van der Waals surface area contributed by atoms with Crippen LogP contribution in [-0.4, -0.2) is 25.2 Å². The third-order valence-corrected chi connectivity index (χ3v) is 3.58. The highest BCUT2D eigenvalue weighted by Crippen LogP contribution is 2.24. The molecule has 0 bridgehead atoms. The maximum atomic E-state index is 11.9. The van der Waals surface area contributed by atoms with E-state index in [0.29, 0.717) is 5.69 Å². The van der Waals surface area contributed by atoms with Gasteiger partial charge in [-0.15, -0.1) is 0 Å². The molecule has 106 valence electrons. The van der Waals surface area contributed by atoms with E-state index in [-0.39, 0.29) is 6.54 Å². The quantitative estimate of drug-likeness (QED) is 0.885. The van der Waals surface area contributed by atoms with Gasteiger partial charge in [-0.25, -0.2) is 0 Å². The Hall–Kier alpha value is -1.08. The van der Waals surface area contributed by atoms with Crippen molar-refractivity contribution in [2.24, 2.45) is 0 Å². The van der Waals surface area contributed by atoms with Gasteiger partial charge in [0.1, 0.15) is 0 Å². The molecule has 0 heterocycles. The molecular formula is C12H14BrF3N2O. The lowest BCUT2D eigenvalue weighted by Crippen LogP contribution is -2.35. The van der Waals surface area contributed by atoms with Gasteiger partial charge in [0.25, 0.3) is 0 Å².